The van der Waals surface area contributed by atoms with E-state index in [9.17, 15) is 9.59 Å². The number of rotatable bonds is 10. The van der Waals surface area contributed by atoms with Gasteiger partial charge in [-0.3, -0.25) is 0 Å². The Bertz CT molecular complexity index is 1420. The predicted octanol–water partition coefficient (Wildman–Crippen LogP) is 6.98. The first-order chi connectivity index (χ1) is 19.2. The fraction of sp³-hybridized carbons (Fsp3) is 0.419. The second kappa shape index (κ2) is 11.6. The Morgan fingerprint density at radius 3 is 2.49 bits per heavy atom. The number of aromatic nitrogens is 2. The lowest BCUT2D eigenvalue weighted by Gasteiger charge is -2.37. The van der Waals surface area contributed by atoms with Gasteiger partial charge in [-0.15, -0.1) is 0 Å². The molecule has 1 unspecified atom stereocenters. The van der Waals surface area contributed by atoms with Gasteiger partial charge in [-0.2, -0.15) is 4.98 Å². The molecule has 1 aromatic heterocycles. The summed E-state index contributed by atoms with van der Waals surface area (Å²) in [5.41, 5.74) is 2.48. The lowest BCUT2D eigenvalue weighted by Crippen LogP contribution is -2.42. The number of esters is 2. The highest BCUT2D eigenvalue weighted by Crippen LogP contribution is 2.39. The number of hydrogen-bond acceptors (Lipinski definition) is 9. The maximum Gasteiger partial charge on any atom is 0.343 e. The molecule has 0 radical (unpaired) electrons. The molecular formula is C31H40N4O5Si. The molecule has 0 fully saturated rings. The Balaban J connectivity index is 1.68. The average molecular weight is 577 g/mol. The molecule has 0 aliphatic carbocycles. The van der Waals surface area contributed by atoms with Crippen molar-refractivity contribution < 1.29 is 23.5 Å². The second-order valence-corrected chi connectivity index (χ2v) is 16.9. The third-order valence-electron chi connectivity index (χ3n) is 7.71. The number of carbonyl (C=O) groups is 2. The summed E-state index contributed by atoms with van der Waals surface area (Å²) in [5, 5.41) is 6.70. The zero-order valence-electron chi connectivity index (χ0n) is 25.1. The number of cyclic esters (lactones) is 1. The molecule has 2 N–H and O–H groups in total. The van der Waals surface area contributed by atoms with Crippen LogP contribution in [-0.2, 0) is 19.5 Å². The monoisotopic (exact) mass is 576 g/mol. The van der Waals surface area contributed by atoms with Crippen LogP contribution in [0.5, 0.6) is 0 Å². The van der Waals surface area contributed by atoms with E-state index >= 15 is 0 Å². The third kappa shape index (κ3) is 6.77. The average Bonchev–Trinajstić information content (AvgIpc) is 3.13. The number of anilines is 3. The van der Waals surface area contributed by atoms with Crippen molar-refractivity contribution in [2.24, 2.45) is 0 Å². The van der Waals surface area contributed by atoms with E-state index in [0.717, 1.165) is 11.1 Å². The molecule has 9 nitrogen and oxygen atoms in total. The summed E-state index contributed by atoms with van der Waals surface area (Å²) in [6, 6.07) is 15.0. The highest BCUT2D eigenvalue weighted by atomic mass is 28.4. The van der Waals surface area contributed by atoms with Crippen LogP contribution in [0.15, 0.2) is 54.7 Å². The van der Waals surface area contributed by atoms with Crippen molar-refractivity contribution in [3.8, 4) is 0 Å². The predicted molar refractivity (Wildman–Crippen MR) is 162 cm³/mol. The smallest absolute Gasteiger partial charge is 0.343 e. The van der Waals surface area contributed by atoms with Gasteiger partial charge in [0, 0.05) is 17.4 Å². The van der Waals surface area contributed by atoms with E-state index in [4.69, 9.17) is 18.9 Å². The number of nitrogens with zero attached hydrogens (tertiary/aromatic N) is 2. The van der Waals surface area contributed by atoms with Crippen molar-refractivity contribution in [1.29, 1.82) is 0 Å². The molecule has 2 heterocycles. The summed E-state index contributed by atoms with van der Waals surface area (Å²) in [4.78, 5) is 34.2. The minimum absolute atomic E-state index is 0.0381. The topological polar surface area (TPSA) is 112 Å². The number of hydrogen-bond donors (Lipinski definition) is 2. The number of benzene rings is 2. The Labute approximate surface area is 243 Å². The number of carbonyl (C=O) groups excluding carboxylic acids is 2. The minimum Gasteiger partial charge on any atom is -0.462 e. The Hall–Kier alpha value is -3.76. The van der Waals surface area contributed by atoms with Crippen LogP contribution in [0.25, 0.3) is 0 Å². The largest absolute Gasteiger partial charge is 0.462 e. The van der Waals surface area contributed by atoms with Gasteiger partial charge >= 0.3 is 11.9 Å². The standard InChI is InChI=1S/C31H40N4O5Si/c1-9-38-27(36)23-18-32-29(33-21-15-16-22-24(17-21)31(5,6)40-28(22)37)35-26(23)34-25(20-13-11-10-12-14-20)19-39-41(7,8)30(2,3)4/h10-18,25H,9,19H2,1-8H3,(H2,32,33,34,35). The van der Waals surface area contributed by atoms with Crippen LogP contribution < -0.4 is 10.6 Å². The molecule has 1 atom stereocenters. The second-order valence-electron chi connectivity index (χ2n) is 12.1. The SMILES string of the molecule is CCOC(=O)c1cnc(Nc2ccc3c(c2)C(C)(C)OC3=O)nc1NC(CO[Si](C)(C)C(C)(C)C)c1ccccc1. The molecule has 218 valence electrons. The van der Waals surface area contributed by atoms with Crippen LogP contribution in [0.2, 0.25) is 18.1 Å². The molecule has 0 bridgehead atoms. The van der Waals surface area contributed by atoms with Crippen molar-refractivity contribution in [2.75, 3.05) is 23.8 Å². The fourth-order valence-electron chi connectivity index (χ4n) is 4.26. The van der Waals surface area contributed by atoms with E-state index in [0.29, 0.717) is 23.7 Å². The molecule has 0 saturated carbocycles. The van der Waals surface area contributed by atoms with E-state index in [2.05, 4.69) is 49.5 Å². The van der Waals surface area contributed by atoms with E-state index in [1.165, 1.54) is 6.20 Å². The molecule has 1 aliphatic heterocycles. The Morgan fingerprint density at radius 2 is 1.83 bits per heavy atom. The molecule has 4 rings (SSSR count). The van der Waals surface area contributed by atoms with Crippen molar-refractivity contribution >= 4 is 37.7 Å². The Morgan fingerprint density at radius 1 is 1.12 bits per heavy atom. The highest BCUT2D eigenvalue weighted by Gasteiger charge is 2.39. The summed E-state index contributed by atoms with van der Waals surface area (Å²) < 4.78 is 17.4. The first-order valence-electron chi connectivity index (χ1n) is 13.9. The molecule has 1 aliphatic rings. The van der Waals surface area contributed by atoms with Crippen molar-refractivity contribution in [3.05, 3.63) is 77.0 Å². The summed E-state index contributed by atoms with van der Waals surface area (Å²) >= 11 is 0. The molecule has 0 saturated heterocycles. The zero-order chi connectivity index (χ0) is 30.0. The van der Waals surface area contributed by atoms with Gasteiger partial charge in [0.1, 0.15) is 17.0 Å². The van der Waals surface area contributed by atoms with Crippen LogP contribution >= 0.6 is 0 Å². The maximum absolute atomic E-state index is 12.9. The molecule has 10 heteroatoms. The van der Waals surface area contributed by atoms with Gasteiger partial charge in [-0.1, -0.05) is 51.1 Å². The van der Waals surface area contributed by atoms with Crippen molar-refractivity contribution in [3.63, 3.8) is 0 Å². The van der Waals surface area contributed by atoms with Gasteiger partial charge in [0.05, 0.1) is 24.8 Å². The van der Waals surface area contributed by atoms with Crippen molar-refractivity contribution in [1.82, 2.24) is 9.97 Å². The summed E-state index contributed by atoms with van der Waals surface area (Å²) in [6.45, 7) is 17.1. The third-order valence-corrected chi connectivity index (χ3v) is 12.2. The van der Waals surface area contributed by atoms with Crippen LogP contribution in [0.3, 0.4) is 0 Å². The first-order valence-corrected chi connectivity index (χ1v) is 16.8. The van der Waals surface area contributed by atoms with Crippen LogP contribution in [0.1, 0.15) is 79.4 Å². The summed E-state index contributed by atoms with van der Waals surface area (Å²) in [5.74, 6) is -0.257. The first kappa shape index (κ1) is 30.2. The van der Waals surface area contributed by atoms with Crippen LogP contribution in [-0.4, -0.2) is 43.4 Å². The number of fused-ring (bicyclic) bond motifs is 1. The van der Waals surface area contributed by atoms with Gasteiger partial charge < -0.3 is 24.5 Å². The minimum atomic E-state index is -2.06. The highest BCUT2D eigenvalue weighted by molar-refractivity contribution is 6.74. The normalized spacial score (nSPS) is 15.1. The zero-order valence-corrected chi connectivity index (χ0v) is 26.1. The molecular weight excluding hydrogens is 536 g/mol. The molecule has 0 amide bonds. The molecule has 2 aromatic carbocycles. The van der Waals surface area contributed by atoms with Gasteiger partial charge in [0.15, 0.2) is 8.32 Å². The summed E-state index contributed by atoms with van der Waals surface area (Å²) in [6.07, 6.45) is 1.45. The summed E-state index contributed by atoms with van der Waals surface area (Å²) in [7, 11) is -2.06. The number of ether oxygens (including phenoxy) is 2. The van der Waals surface area contributed by atoms with Crippen molar-refractivity contribution in [2.45, 2.75) is 71.3 Å². The quantitative estimate of drug-likeness (QED) is 0.195. The van der Waals surface area contributed by atoms with Gasteiger partial charge in [0.2, 0.25) is 5.95 Å². The number of nitrogens with one attached hydrogen (secondary N) is 2. The van der Waals surface area contributed by atoms with Crippen LogP contribution in [0, 0.1) is 0 Å². The van der Waals surface area contributed by atoms with E-state index in [-0.39, 0.29) is 35.2 Å². The van der Waals surface area contributed by atoms with E-state index < -0.39 is 19.9 Å². The van der Waals surface area contributed by atoms with E-state index in [1.807, 2.05) is 50.2 Å². The van der Waals surface area contributed by atoms with Gasteiger partial charge in [-0.05, 0) is 62.7 Å². The van der Waals surface area contributed by atoms with Gasteiger partial charge in [-0.25, -0.2) is 14.6 Å². The molecule has 41 heavy (non-hydrogen) atoms. The van der Waals surface area contributed by atoms with Crippen LogP contribution in [0.4, 0.5) is 17.5 Å². The lowest BCUT2D eigenvalue weighted by atomic mass is 9.95. The Kier molecular flexibility index (Phi) is 8.56. The molecule has 3 aromatic rings. The molecule has 0 spiro atoms. The van der Waals surface area contributed by atoms with E-state index in [1.54, 1.807) is 19.1 Å². The fourth-order valence-corrected chi connectivity index (χ4v) is 5.28. The van der Waals surface area contributed by atoms with Gasteiger partial charge in [0.25, 0.3) is 0 Å². The maximum atomic E-state index is 12.9. The lowest BCUT2D eigenvalue weighted by molar-refractivity contribution is 0.00952.